The lowest BCUT2D eigenvalue weighted by molar-refractivity contribution is 0.0353. The van der Waals surface area contributed by atoms with Gasteiger partial charge in [0.25, 0.3) is 0 Å². The maximum atomic E-state index is 15.3. The number of ether oxygens (including phenoxy) is 1. The number of aliphatic hydroxyl groups is 1. The van der Waals surface area contributed by atoms with Crippen molar-refractivity contribution in [1.82, 2.24) is 24.6 Å². The first kappa shape index (κ1) is 21.8. The second-order valence-electron chi connectivity index (χ2n) is 8.30. The van der Waals surface area contributed by atoms with Gasteiger partial charge in [-0.3, -0.25) is 9.58 Å². The van der Waals surface area contributed by atoms with E-state index in [1.165, 1.54) is 4.68 Å². The Hall–Kier alpha value is -2.04. The van der Waals surface area contributed by atoms with Crippen LogP contribution in [0.4, 0.5) is 16.0 Å². The molecule has 0 bridgehead atoms. The van der Waals surface area contributed by atoms with Crippen molar-refractivity contribution in [1.29, 1.82) is 0 Å². The standard InChI is InChI=1S/C21H23Cl2FN6O2/c1-29-20(23)17(7-26-29)28-21-25-6-11-4-14(22)13(5-16(11)27-21)12-2-3-30(8-15(12)24)18-9-32-10-19(18)31/h4-7,12,15,18-19,31H,2-3,8-10H2,1H3,(H,25,27,28)/t12-,15+,18+,19-/m0/s1. The molecule has 3 aromatic rings. The molecule has 170 valence electrons. The molecule has 8 nitrogen and oxygen atoms in total. The molecule has 1 aromatic carbocycles. The second-order valence-corrected chi connectivity index (χ2v) is 9.07. The normalized spacial score (nSPS) is 26.7. The van der Waals surface area contributed by atoms with Gasteiger partial charge in [-0.2, -0.15) is 5.10 Å². The monoisotopic (exact) mass is 480 g/mol. The molecule has 2 aliphatic heterocycles. The van der Waals surface area contributed by atoms with E-state index in [0.717, 1.165) is 10.9 Å². The average molecular weight is 481 g/mol. The number of aryl methyl sites for hydroxylation is 1. The van der Waals surface area contributed by atoms with Crippen LogP contribution < -0.4 is 5.32 Å². The lowest BCUT2D eigenvalue weighted by atomic mass is 9.86. The Balaban J connectivity index is 1.39. The summed E-state index contributed by atoms with van der Waals surface area (Å²) in [6.07, 6.45) is 2.18. The molecular formula is C21H23Cl2FN6O2. The van der Waals surface area contributed by atoms with Crippen LogP contribution in [0.1, 0.15) is 17.9 Å². The maximum absolute atomic E-state index is 15.3. The number of aromatic nitrogens is 4. The van der Waals surface area contributed by atoms with Gasteiger partial charge in [0.2, 0.25) is 5.95 Å². The van der Waals surface area contributed by atoms with Crippen LogP contribution in [0.5, 0.6) is 0 Å². The Kier molecular flexibility index (Phi) is 5.94. The van der Waals surface area contributed by atoms with E-state index in [4.69, 9.17) is 27.9 Å². The first-order valence-corrected chi connectivity index (χ1v) is 11.2. The molecule has 2 saturated heterocycles. The van der Waals surface area contributed by atoms with Gasteiger partial charge in [-0.1, -0.05) is 23.2 Å². The Morgan fingerprint density at radius 1 is 1.25 bits per heavy atom. The van der Waals surface area contributed by atoms with Gasteiger partial charge in [-0.15, -0.1) is 0 Å². The minimum Gasteiger partial charge on any atom is -0.389 e. The minimum absolute atomic E-state index is 0.151. The molecule has 32 heavy (non-hydrogen) atoms. The van der Waals surface area contributed by atoms with Crippen LogP contribution in [-0.4, -0.2) is 74.4 Å². The summed E-state index contributed by atoms with van der Waals surface area (Å²) < 4.78 is 22.1. The molecule has 0 spiro atoms. The van der Waals surface area contributed by atoms with Crippen molar-refractivity contribution < 1.29 is 14.2 Å². The Morgan fingerprint density at radius 2 is 2.09 bits per heavy atom. The van der Waals surface area contributed by atoms with E-state index in [9.17, 15) is 5.11 Å². The third kappa shape index (κ3) is 4.04. The number of benzene rings is 1. The highest BCUT2D eigenvalue weighted by Crippen LogP contribution is 2.38. The van der Waals surface area contributed by atoms with Crippen LogP contribution in [-0.2, 0) is 11.8 Å². The number of hydrogen-bond donors (Lipinski definition) is 2. The van der Waals surface area contributed by atoms with E-state index in [1.54, 1.807) is 25.5 Å². The van der Waals surface area contributed by atoms with E-state index in [-0.39, 0.29) is 18.5 Å². The number of fused-ring (bicyclic) bond motifs is 1. The van der Waals surface area contributed by atoms with E-state index in [1.807, 2.05) is 11.0 Å². The first-order chi connectivity index (χ1) is 15.4. The number of piperidine rings is 1. The highest BCUT2D eigenvalue weighted by molar-refractivity contribution is 6.32. The van der Waals surface area contributed by atoms with Crippen molar-refractivity contribution in [3.63, 3.8) is 0 Å². The number of aliphatic hydroxyl groups excluding tert-OH is 1. The summed E-state index contributed by atoms with van der Waals surface area (Å²) in [4.78, 5) is 10.9. The predicted molar refractivity (Wildman–Crippen MR) is 120 cm³/mol. The fraction of sp³-hybridized carbons (Fsp3) is 0.476. The summed E-state index contributed by atoms with van der Waals surface area (Å²) in [6, 6.07) is 3.47. The zero-order valence-corrected chi connectivity index (χ0v) is 18.9. The minimum atomic E-state index is -1.11. The smallest absolute Gasteiger partial charge is 0.227 e. The quantitative estimate of drug-likeness (QED) is 0.591. The zero-order valence-electron chi connectivity index (χ0n) is 17.4. The molecule has 4 atom stereocenters. The van der Waals surface area contributed by atoms with Crippen molar-refractivity contribution in [3.05, 3.63) is 40.3 Å². The number of likely N-dealkylation sites (tertiary alicyclic amines) is 1. The zero-order chi connectivity index (χ0) is 22.4. The summed E-state index contributed by atoms with van der Waals surface area (Å²) in [6.45, 7) is 1.64. The number of nitrogens with zero attached hydrogens (tertiary/aromatic N) is 5. The van der Waals surface area contributed by atoms with E-state index < -0.39 is 12.3 Å². The topological polar surface area (TPSA) is 88.3 Å². The summed E-state index contributed by atoms with van der Waals surface area (Å²) in [5, 5.41) is 18.9. The van der Waals surface area contributed by atoms with Gasteiger partial charge < -0.3 is 15.2 Å². The molecule has 0 radical (unpaired) electrons. The van der Waals surface area contributed by atoms with Gasteiger partial charge in [0.1, 0.15) is 11.3 Å². The predicted octanol–water partition coefficient (Wildman–Crippen LogP) is 3.30. The Labute approximate surface area is 194 Å². The van der Waals surface area contributed by atoms with Crippen molar-refractivity contribution in [3.8, 4) is 0 Å². The van der Waals surface area contributed by atoms with Gasteiger partial charge in [-0.25, -0.2) is 14.4 Å². The molecule has 0 unspecified atom stereocenters. The molecule has 2 aromatic heterocycles. The maximum Gasteiger partial charge on any atom is 0.227 e. The molecular weight excluding hydrogens is 458 g/mol. The largest absolute Gasteiger partial charge is 0.389 e. The summed E-state index contributed by atoms with van der Waals surface area (Å²) in [7, 11) is 1.74. The van der Waals surface area contributed by atoms with Crippen molar-refractivity contribution >= 4 is 45.7 Å². The fourth-order valence-corrected chi connectivity index (χ4v) is 4.95. The number of nitrogens with one attached hydrogen (secondary N) is 1. The van der Waals surface area contributed by atoms with Gasteiger partial charge in [0.05, 0.1) is 42.8 Å². The summed E-state index contributed by atoms with van der Waals surface area (Å²) in [5.74, 6) is 0.0178. The molecule has 11 heteroatoms. The molecule has 5 rings (SSSR count). The Bertz CT molecular complexity index is 1140. The first-order valence-electron chi connectivity index (χ1n) is 10.5. The molecule has 4 heterocycles. The number of alkyl halides is 1. The van der Waals surface area contributed by atoms with Gasteiger partial charge >= 0.3 is 0 Å². The number of rotatable bonds is 4. The molecule has 0 aliphatic carbocycles. The van der Waals surface area contributed by atoms with Crippen LogP contribution in [0.25, 0.3) is 10.9 Å². The van der Waals surface area contributed by atoms with Crippen LogP contribution in [0.15, 0.2) is 24.5 Å². The van der Waals surface area contributed by atoms with Crippen LogP contribution in [0.3, 0.4) is 0 Å². The highest BCUT2D eigenvalue weighted by atomic mass is 35.5. The van der Waals surface area contributed by atoms with E-state index >= 15 is 4.39 Å². The van der Waals surface area contributed by atoms with E-state index in [0.29, 0.717) is 53.5 Å². The van der Waals surface area contributed by atoms with E-state index in [2.05, 4.69) is 20.4 Å². The van der Waals surface area contributed by atoms with Crippen LogP contribution in [0, 0.1) is 0 Å². The second kappa shape index (κ2) is 8.72. The molecule has 0 amide bonds. The molecule has 2 N–H and O–H groups in total. The van der Waals surface area contributed by atoms with Gasteiger partial charge in [-0.05, 0) is 30.7 Å². The van der Waals surface area contributed by atoms with Gasteiger partial charge in [0.15, 0.2) is 0 Å². The number of halogens is 3. The number of anilines is 2. The van der Waals surface area contributed by atoms with Crippen molar-refractivity contribution in [2.24, 2.45) is 7.05 Å². The van der Waals surface area contributed by atoms with Crippen molar-refractivity contribution in [2.45, 2.75) is 30.7 Å². The highest BCUT2D eigenvalue weighted by Gasteiger charge is 2.39. The average Bonchev–Trinajstić information content (AvgIpc) is 3.34. The number of hydrogen-bond acceptors (Lipinski definition) is 7. The van der Waals surface area contributed by atoms with Crippen molar-refractivity contribution in [2.75, 3.05) is 31.6 Å². The molecule has 2 fully saturated rings. The Morgan fingerprint density at radius 3 is 2.78 bits per heavy atom. The van der Waals surface area contributed by atoms with Crippen LogP contribution in [0.2, 0.25) is 10.2 Å². The lowest BCUT2D eigenvalue weighted by Gasteiger charge is -2.39. The fourth-order valence-electron chi connectivity index (χ4n) is 4.50. The SMILES string of the molecule is Cn1ncc(Nc2ncc3cc(Cl)c([C@@H]4CCN([C@@H]5COC[C@@H]5O)C[C@H]4F)cc3n2)c1Cl. The lowest BCUT2D eigenvalue weighted by Crippen LogP contribution is -2.50. The summed E-state index contributed by atoms with van der Waals surface area (Å²) in [5.41, 5.74) is 1.99. The summed E-state index contributed by atoms with van der Waals surface area (Å²) >= 11 is 12.7. The molecule has 2 aliphatic rings. The molecule has 0 saturated carbocycles. The third-order valence-electron chi connectivity index (χ3n) is 6.27. The third-order valence-corrected chi connectivity index (χ3v) is 7.05. The van der Waals surface area contributed by atoms with Crippen LogP contribution >= 0.6 is 23.2 Å². The van der Waals surface area contributed by atoms with Gasteiger partial charge in [0, 0.05) is 36.1 Å².